The predicted octanol–water partition coefficient (Wildman–Crippen LogP) is 1.29. The zero-order chi connectivity index (χ0) is 14.5. The summed E-state index contributed by atoms with van der Waals surface area (Å²) in [6.45, 7) is 0.133. The van der Waals surface area contributed by atoms with Crippen molar-refractivity contribution >= 4 is 17.6 Å². The van der Waals surface area contributed by atoms with E-state index in [2.05, 4.69) is 10.3 Å². The third kappa shape index (κ3) is 3.11. The molecule has 20 heavy (non-hydrogen) atoms. The van der Waals surface area contributed by atoms with Crippen molar-refractivity contribution in [2.75, 3.05) is 5.73 Å². The maximum Gasteiger partial charge on any atom is 0.335 e. The average Bonchev–Trinajstić information content (AvgIpc) is 2.45. The Kier molecular flexibility index (Phi) is 3.95. The van der Waals surface area contributed by atoms with Crippen LogP contribution in [0, 0.1) is 0 Å². The number of aromatic carboxylic acids is 1. The first kappa shape index (κ1) is 13.5. The predicted molar refractivity (Wildman–Crippen MR) is 73.2 cm³/mol. The molecule has 6 nitrogen and oxygen atoms in total. The topological polar surface area (TPSA) is 105 Å². The third-order valence-corrected chi connectivity index (χ3v) is 2.70. The number of nitrogens with zero attached hydrogens (tertiary/aromatic N) is 1. The van der Waals surface area contributed by atoms with Gasteiger partial charge in [-0.2, -0.15) is 0 Å². The molecule has 0 radical (unpaired) electrons. The highest BCUT2D eigenvalue weighted by atomic mass is 16.4. The molecule has 0 saturated heterocycles. The molecule has 0 spiro atoms. The van der Waals surface area contributed by atoms with Crippen LogP contribution in [0.4, 0.5) is 5.69 Å². The van der Waals surface area contributed by atoms with Gasteiger partial charge in [0.05, 0.1) is 23.4 Å². The van der Waals surface area contributed by atoms with E-state index in [4.69, 9.17) is 10.8 Å². The monoisotopic (exact) mass is 271 g/mol. The van der Waals surface area contributed by atoms with Crippen LogP contribution in [0.5, 0.6) is 0 Å². The molecule has 0 unspecified atom stereocenters. The highest BCUT2D eigenvalue weighted by Gasteiger charge is 2.09. The molecule has 0 atom stereocenters. The minimum Gasteiger partial charge on any atom is -0.478 e. The van der Waals surface area contributed by atoms with Crippen molar-refractivity contribution in [1.29, 1.82) is 0 Å². The largest absolute Gasteiger partial charge is 0.478 e. The Morgan fingerprint density at radius 1 is 1.25 bits per heavy atom. The summed E-state index contributed by atoms with van der Waals surface area (Å²) >= 11 is 0. The molecule has 6 heteroatoms. The van der Waals surface area contributed by atoms with Crippen LogP contribution in [0.1, 0.15) is 26.4 Å². The van der Waals surface area contributed by atoms with Gasteiger partial charge in [-0.05, 0) is 24.3 Å². The van der Waals surface area contributed by atoms with E-state index in [9.17, 15) is 9.59 Å². The first-order chi connectivity index (χ1) is 9.58. The number of nitrogen functional groups attached to an aromatic ring is 1. The Bertz CT molecular complexity index is 656. The minimum absolute atomic E-state index is 0.128. The van der Waals surface area contributed by atoms with Crippen LogP contribution in [0.2, 0.25) is 0 Å². The lowest BCUT2D eigenvalue weighted by atomic mass is 10.1. The molecule has 2 aromatic rings. The van der Waals surface area contributed by atoms with E-state index in [-0.39, 0.29) is 18.0 Å². The molecule has 0 bridgehead atoms. The van der Waals surface area contributed by atoms with E-state index in [0.717, 1.165) is 0 Å². The van der Waals surface area contributed by atoms with Crippen molar-refractivity contribution in [3.8, 4) is 0 Å². The van der Waals surface area contributed by atoms with E-state index in [1.165, 1.54) is 18.3 Å². The number of para-hydroxylation sites is 1. The second-order valence-electron chi connectivity index (χ2n) is 4.11. The SMILES string of the molecule is Nc1ccccc1C(=O)NCc1cc(C(=O)O)ccn1. The molecule has 0 fully saturated rings. The zero-order valence-corrected chi connectivity index (χ0v) is 10.5. The maximum absolute atomic E-state index is 11.9. The number of carboxylic acids is 1. The van der Waals surface area contributed by atoms with Crippen molar-refractivity contribution in [1.82, 2.24) is 10.3 Å². The Morgan fingerprint density at radius 3 is 2.70 bits per heavy atom. The summed E-state index contributed by atoms with van der Waals surface area (Å²) in [6, 6.07) is 9.52. The second-order valence-corrected chi connectivity index (χ2v) is 4.11. The number of hydrogen-bond acceptors (Lipinski definition) is 4. The number of aromatic nitrogens is 1. The molecule has 1 heterocycles. The number of pyridine rings is 1. The number of nitrogens with one attached hydrogen (secondary N) is 1. The first-order valence-corrected chi connectivity index (χ1v) is 5.89. The summed E-state index contributed by atoms with van der Waals surface area (Å²) in [6.07, 6.45) is 1.39. The lowest BCUT2D eigenvalue weighted by molar-refractivity contribution is 0.0696. The number of anilines is 1. The van der Waals surface area contributed by atoms with E-state index in [1.54, 1.807) is 24.3 Å². The number of rotatable bonds is 4. The second kappa shape index (κ2) is 5.83. The van der Waals surface area contributed by atoms with Crippen LogP contribution >= 0.6 is 0 Å². The highest BCUT2D eigenvalue weighted by molar-refractivity contribution is 5.99. The Hall–Kier alpha value is -2.89. The van der Waals surface area contributed by atoms with Crippen molar-refractivity contribution in [3.05, 3.63) is 59.4 Å². The first-order valence-electron chi connectivity index (χ1n) is 5.89. The lowest BCUT2D eigenvalue weighted by Gasteiger charge is -2.07. The third-order valence-electron chi connectivity index (χ3n) is 2.70. The van der Waals surface area contributed by atoms with Gasteiger partial charge in [0.1, 0.15) is 0 Å². The number of benzene rings is 1. The van der Waals surface area contributed by atoms with Gasteiger partial charge >= 0.3 is 5.97 Å². The van der Waals surface area contributed by atoms with Gasteiger partial charge in [0.2, 0.25) is 0 Å². The standard InChI is InChI=1S/C14H13N3O3/c15-12-4-2-1-3-11(12)13(18)17-8-10-7-9(14(19)20)5-6-16-10/h1-7H,8,15H2,(H,17,18)(H,19,20). The molecule has 0 aliphatic heterocycles. The molecule has 0 aliphatic carbocycles. The number of nitrogens with two attached hydrogens (primary N) is 1. The van der Waals surface area contributed by atoms with Gasteiger partial charge in [-0.1, -0.05) is 12.1 Å². The molecule has 1 amide bonds. The summed E-state index contributed by atoms with van der Waals surface area (Å²) in [5.74, 6) is -1.36. The van der Waals surface area contributed by atoms with E-state index >= 15 is 0 Å². The molecule has 2 rings (SSSR count). The van der Waals surface area contributed by atoms with Gasteiger partial charge in [-0.3, -0.25) is 9.78 Å². The number of carbonyl (C=O) groups excluding carboxylic acids is 1. The summed E-state index contributed by atoms with van der Waals surface area (Å²) in [4.78, 5) is 26.7. The number of carbonyl (C=O) groups is 2. The lowest BCUT2D eigenvalue weighted by Crippen LogP contribution is -2.24. The number of amides is 1. The van der Waals surface area contributed by atoms with Crippen molar-refractivity contribution in [2.45, 2.75) is 6.54 Å². The van der Waals surface area contributed by atoms with E-state index in [0.29, 0.717) is 16.9 Å². The van der Waals surface area contributed by atoms with E-state index in [1.807, 2.05) is 0 Å². The van der Waals surface area contributed by atoms with Crippen molar-refractivity contribution in [2.24, 2.45) is 0 Å². The molecule has 0 aliphatic rings. The van der Waals surface area contributed by atoms with Gasteiger partial charge in [0.25, 0.3) is 5.91 Å². The Labute approximate surface area is 115 Å². The van der Waals surface area contributed by atoms with Gasteiger partial charge < -0.3 is 16.2 Å². The molecule has 102 valence electrons. The summed E-state index contributed by atoms with van der Waals surface area (Å²) in [5, 5.41) is 11.5. The normalized spacial score (nSPS) is 10.0. The Balaban J connectivity index is 2.06. The van der Waals surface area contributed by atoms with Crippen LogP contribution in [0.15, 0.2) is 42.6 Å². The fraction of sp³-hybridized carbons (Fsp3) is 0.0714. The number of hydrogen-bond donors (Lipinski definition) is 3. The molecule has 0 saturated carbocycles. The maximum atomic E-state index is 11.9. The van der Waals surface area contributed by atoms with Crippen LogP contribution < -0.4 is 11.1 Å². The number of carboxylic acid groups (broad SMARTS) is 1. The smallest absolute Gasteiger partial charge is 0.335 e. The van der Waals surface area contributed by atoms with Crippen molar-refractivity contribution in [3.63, 3.8) is 0 Å². The molecular formula is C14H13N3O3. The van der Waals surface area contributed by atoms with E-state index < -0.39 is 5.97 Å². The van der Waals surface area contributed by atoms with Crippen LogP contribution in [0.3, 0.4) is 0 Å². The highest BCUT2D eigenvalue weighted by Crippen LogP contribution is 2.10. The Morgan fingerprint density at radius 2 is 2.00 bits per heavy atom. The van der Waals surface area contributed by atoms with Gasteiger partial charge in [0.15, 0.2) is 0 Å². The molecular weight excluding hydrogens is 258 g/mol. The van der Waals surface area contributed by atoms with Gasteiger partial charge in [0, 0.05) is 11.9 Å². The summed E-state index contributed by atoms with van der Waals surface area (Å²) < 4.78 is 0. The fourth-order valence-corrected chi connectivity index (χ4v) is 1.68. The minimum atomic E-state index is -1.03. The molecule has 1 aromatic heterocycles. The molecule has 4 N–H and O–H groups in total. The van der Waals surface area contributed by atoms with Crippen molar-refractivity contribution < 1.29 is 14.7 Å². The van der Waals surface area contributed by atoms with Crippen LogP contribution in [-0.2, 0) is 6.54 Å². The van der Waals surface area contributed by atoms with Crippen LogP contribution in [-0.4, -0.2) is 22.0 Å². The molecule has 1 aromatic carbocycles. The quantitative estimate of drug-likeness (QED) is 0.727. The van der Waals surface area contributed by atoms with Gasteiger partial charge in [-0.15, -0.1) is 0 Å². The van der Waals surface area contributed by atoms with Gasteiger partial charge in [-0.25, -0.2) is 4.79 Å². The average molecular weight is 271 g/mol. The summed E-state index contributed by atoms with van der Waals surface area (Å²) in [5.41, 5.74) is 7.06. The fourth-order valence-electron chi connectivity index (χ4n) is 1.68. The zero-order valence-electron chi connectivity index (χ0n) is 10.5. The van der Waals surface area contributed by atoms with Crippen LogP contribution in [0.25, 0.3) is 0 Å². The summed E-state index contributed by atoms with van der Waals surface area (Å²) in [7, 11) is 0.